The van der Waals surface area contributed by atoms with E-state index in [-0.39, 0.29) is 0 Å². The maximum absolute atomic E-state index is 6.07. The lowest BCUT2D eigenvalue weighted by Crippen LogP contribution is -2.33. The monoisotopic (exact) mass is 511 g/mol. The van der Waals surface area contributed by atoms with Gasteiger partial charge in [0.1, 0.15) is 18.1 Å². The van der Waals surface area contributed by atoms with Gasteiger partial charge in [-0.2, -0.15) is 0 Å². The number of fused-ring (bicyclic) bond motifs is 1. The van der Waals surface area contributed by atoms with E-state index < -0.39 is 0 Å². The van der Waals surface area contributed by atoms with Crippen LogP contribution in [-0.2, 0) is 6.42 Å². The van der Waals surface area contributed by atoms with Crippen LogP contribution < -0.4 is 18.9 Å². The van der Waals surface area contributed by atoms with Crippen molar-refractivity contribution in [3.8, 4) is 34.1 Å². The van der Waals surface area contributed by atoms with Gasteiger partial charge in [0.2, 0.25) is 0 Å². The molecular formula is C33H37NO4. The summed E-state index contributed by atoms with van der Waals surface area (Å²) in [6.07, 6.45) is 4.76. The maximum Gasteiger partial charge on any atom is 0.161 e. The Morgan fingerprint density at radius 2 is 1.45 bits per heavy atom. The van der Waals surface area contributed by atoms with Gasteiger partial charge in [0.15, 0.2) is 11.5 Å². The molecular weight excluding hydrogens is 474 g/mol. The second kappa shape index (κ2) is 12.2. The van der Waals surface area contributed by atoms with Crippen LogP contribution in [0.2, 0.25) is 0 Å². The van der Waals surface area contributed by atoms with Gasteiger partial charge in [-0.3, -0.25) is 4.90 Å². The smallest absolute Gasteiger partial charge is 0.161 e. The van der Waals surface area contributed by atoms with Gasteiger partial charge in [0.05, 0.1) is 21.3 Å². The summed E-state index contributed by atoms with van der Waals surface area (Å²) >= 11 is 0. The molecule has 0 unspecified atom stereocenters. The predicted octanol–water partition coefficient (Wildman–Crippen LogP) is 6.99. The molecule has 5 nitrogen and oxygen atoms in total. The van der Waals surface area contributed by atoms with E-state index in [2.05, 4.69) is 59.5 Å². The summed E-state index contributed by atoms with van der Waals surface area (Å²) in [5, 5.41) is 2.36. The van der Waals surface area contributed by atoms with Gasteiger partial charge in [0.25, 0.3) is 0 Å². The van der Waals surface area contributed by atoms with Crippen molar-refractivity contribution in [1.82, 2.24) is 4.90 Å². The molecule has 0 N–H and O–H groups in total. The highest BCUT2D eigenvalue weighted by Gasteiger charge is 2.14. The summed E-state index contributed by atoms with van der Waals surface area (Å²) < 4.78 is 22.6. The lowest BCUT2D eigenvalue weighted by molar-refractivity contribution is 0.183. The normalized spacial score (nSPS) is 13.9. The van der Waals surface area contributed by atoms with Crippen LogP contribution in [0.4, 0.5) is 0 Å². The Balaban J connectivity index is 1.41. The molecule has 0 bridgehead atoms. The first-order valence-corrected chi connectivity index (χ1v) is 13.4. The van der Waals surface area contributed by atoms with Crippen molar-refractivity contribution >= 4 is 10.8 Å². The fraction of sp³-hybridized carbons (Fsp3) is 0.333. The van der Waals surface area contributed by atoms with Crippen LogP contribution in [0.3, 0.4) is 0 Å². The summed E-state index contributed by atoms with van der Waals surface area (Å²) in [6, 6.07) is 25.3. The maximum atomic E-state index is 6.07. The molecule has 1 aliphatic heterocycles. The highest BCUT2D eigenvalue weighted by atomic mass is 16.5. The third-order valence-electron chi connectivity index (χ3n) is 7.46. The number of likely N-dealkylation sites (tertiary alicyclic amines) is 1. The van der Waals surface area contributed by atoms with Crippen LogP contribution in [0.15, 0.2) is 72.8 Å². The third-order valence-corrected chi connectivity index (χ3v) is 7.46. The van der Waals surface area contributed by atoms with Gasteiger partial charge >= 0.3 is 0 Å². The minimum atomic E-state index is 0.719. The van der Waals surface area contributed by atoms with Crippen LogP contribution in [0.25, 0.3) is 21.9 Å². The van der Waals surface area contributed by atoms with E-state index in [1.165, 1.54) is 54.4 Å². The Morgan fingerprint density at radius 1 is 0.684 bits per heavy atom. The van der Waals surface area contributed by atoms with Crippen LogP contribution in [0.5, 0.6) is 23.0 Å². The topological polar surface area (TPSA) is 40.2 Å². The van der Waals surface area contributed by atoms with Gasteiger partial charge < -0.3 is 18.9 Å². The molecule has 1 heterocycles. The van der Waals surface area contributed by atoms with Crippen LogP contribution in [0.1, 0.15) is 30.4 Å². The Labute approximate surface area is 225 Å². The molecule has 1 saturated heterocycles. The molecule has 0 aliphatic carbocycles. The largest absolute Gasteiger partial charge is 0.497 e. The lowest BCUT2D eigenvalue weighted by Gasteiger charge is -2.26. The Hall–Kier alpha value is -3.70. The fourth-order valence-electron chi connectivity index (χ4n) is 5.35. The van der Waals surface area contributed by atoms with Crippen LogP contribution in [-0.4, -0.2) is 52.5 Å². The molecule has 0 saturated carbocycles. The fourth-order valence-corrected chi connectivity index (χ4v) is 5.35. The van der Waals surface area contributed by atoms with Crippen molar-refractivity contribution in [2.75, 3.05) is 47.6 Å². The number of ether oxygens (including phenoxy) is 4. The van der Waals surface area contributed by atoms with Crippen molar-refractivity contribution in [3.63, 3.8) is 0 Å². The van der Waals surface area contributed by atoms with E-state index in [0.29, 0.717) is 0 Å². The molecule has 38 heavy (non-hydrogen) atoms. The quantitative estimate of drug-likeness (QED) is 0.230. The van der Waals surface area contributed by atoms with E-state index in [1.807, 2.05) is 18.2 Å². The molecule has 0 aromatic heterocycles. The zero-order valence-electron chi connectivity index (χ0n) is 22.7. The standard InChI is InChI=1S/C33H37NO4/c1-35-28-13-15-30-25(22-28)9-14-29(26-10-16-32(36-2)33(23-26)37-3)31(30)21-24-7-11-27(12-8-24)38-20-19-34-17-5-4-6-18-34/h7-16,22-23H,4-6,17-21H2,1-3H3. The van der Waals surface area contributed by atoms with Crippen molar-refractivity contribution in [1.29, 1.82) is 0 Å². The van der Waals surface area contributed by atoms with Gasteiger partial charge in [0, 0.05) is 6.54 Å². The molecule has 0 atom stereocenters. The average Bonchev–Trinajstić information content (AvgIpc) is 2.98. The van der Waals surface area contributed by atoms with Crippen LogP contribution >= 0.6 is 0 Å². The second-order valence-electron chi connectivity index (χ2n) is 9.82. The van der Waals surface area contributed by atoms with Crippen molar-refractivity contribution in [3.05, 3.63) is 83.9 Å². The molecule has 5 heteroatoms. The minimum Gasteiger partial charge on any atom is -0.497 e. The van der Waals surface area contributed by atoms with E-state index in [1.54, 1.807) is 21.3 Å². The first-order chi connectivity index (χ1) is 18.7. The average molecular weight is 512 g/mol. The number of benzene rings is 4. The first-order valence-electron chi connectivity index (χ1n) is 13.4. The molecule has 5 rings (SSSR count). The predicted molar refractivity (Wildman–Crippen MR) is 154 cm³/mol. The molecule has 0 amide bonds. The number of piperidine rings is 1. The second-order valence-corrected chi connectivity index (χ2v) is 9.82. The van der Waals surface area contributed by atoms with Gasteiger partial charge in [-0.15, -0.1) is 0 Å². The Bertz CT molecular complexity index is 1360. The van der Waals surface area contributed by atoms with Crippen LogP contribution in [0, 0.1) is 0 Å². The molecule has 198 valence electrons. The van der Waals surface area contributed by atoms with Crippen molar-refractivity contribution < 1.29 is 18.9 Å². The zero-order valence-corrected chi connectivity index (χ0v) is 22.7. The number of hydrogen-bond donors (Lipinski definition) is 0. The summed E-state index contributed by atoms with van der Waals surface area (Å²) in [4.78, 5) is 2.50. The molecule has 0 radical (unpaired) electrons. The minimum absolute atomic E-state index is 0.719. The van der Waals surface area contributed by atoms with E-state index in [9.17, 15) is 0 Å². The summed E-state index contributed by atoms with van der Waals surface area (Å²) in [7, 11) is 5.04. The number of hydrogen-bond acceptors (Lipinski definition) is 5. The zero-order chi connectivity index (χ0) is 26.3. The number of methoxy groups -OCH3 is 3. The molecule has 4 aromatic carbocycles. The van der Waals surface area contributed by atoms with E-state index >= 15 is 0 Å². The Morgan fingerprint density at radius 3 is 2.18 bits per heavy atom. The number of rotatable bonds is 10. The highest BCUT2D eigenvalue weighted by molar-refractivity contribution is 5.93. The summed E-state index contributed by atoms with van der Waals surface area (Å²) in [5.74, 6) is 3.22. The molecule has 1 fully saturated rings. The SMILES string of the molecule is COc1ccc2c(Cc3ccc(OCCN4CCCCC4)cc3)c(-c3ccc(OC)c(OC)c3)ccc2c1. The van der Waals surface area contributed by atoms with Gasteiger partial charge in [-0.25, -0.2) is 0 Å². The van der Waals surface area contributed by atoms with E-state index in [4.69, 9.17) is 18.9 Å². The molecule has 1 aliphatic rings. The van der Waals surface area contributed by atoms with Gasteiger partial charge in [-0.1, -0.05) is 42.8 Å². The highest BCUT2D eigenvalue weighted by Crippen LogP contribution is 2.38. The Kier molecular flexibility index (Phi) is 8.34. The van der Waals surface area contributed by atoms with Crippen molar-refractivity contribution in [2.45, 2.75) is 25.7 Å². The van der Waals surface area contributed by atoms with Gasteiger partial charge in [-0.05, 0) is 102 Å². The molecule has 0 spiro atoms. The third kappa shape index (κ3) is 5.89. The van der Waals surface area contributed by atoms with E-state index in [0.717, 1.165) is 53.5 Å². The summed E-state index contributed by atoms with van der Waals surface area (Å²) in [6.45, 7) is 4.12. The summed E-state index contributed by atoms with van der Waals surface area (Å²) in [5.41, 5.74) is 4.76. The lowest BCUT2D eigenvalue weighted by atomic mass is 9.90. The number of nitrogens with zero attached hydrogens (tertiary/aromatic N) is 1. The molecule has 4 aromatic rings. The van der Waals surface area contributed by atoms with Crippen molar-refractivity contribution in [2.24, 2.45) is 0 Å². The first kappa shape index (κ1) is 25.9.